The summed E-state index contributed by atoms with van der Waals surface area (Å²) in [6.45, 7) is 0. The van der Waals surface area contributed by atoms with E-state index < -0.39 is 10.0 Å². The number of nitrogens with zero attached hydrogens (tertiary/aromatic N) is 4. The van der Waals surface area contributed by atoms with Crippen molar-refractivity contribution in [2.45, 2.75) is 4.90 Å². The molecule has 0 saturated carbocycles. The van der Waals surface area contributed by atoms with E-state index in [1.165, 1.54) is 19.2 Å². The van der Waals surface area contributed by atoms with Crippen LogP contribution in [0, 0.1) is 5.82 Å². The lowest BCUT2D eigenvalue weighted by atomic mass is 10.0. The van der Waals surface area contributed by atoms with Crippen LogP contribution in [0.4, 0.5) is 4.39 Å². The van der Waals surface area contributed by atoms with Gasteiger partial charge in [-0.1, -0.05) is 30.3 Å². The molecule has 186 valence electrons. The van der Waals surface area contributed by atoms with E-state index in [9.17, 15) is 17.6 Å². The largest absolute Gasteiger partial charge is 0.328 e. The van der Waals surface area contributed by atoms with Crippen molar-refractivity contribution in [1.29, 1.82) is 0 Å². The standard InChI is InChI=1S/C27H22FN5O3S/c1-29-37(35,36)17-11-12-22-24(15-17)33(16-10-13-23-25(14-16)32(3)27(34)31(23)2)26(30-22)20-8-4-7-19-18(20)6-5-9-21(19)28/h4-15,29H,1-3H3. The molecule has 0 saturated heterocycles. The first-order valence-electron chi connectivity index (χ1n) is 11.5. The molecular formula is C27H22FN5O3S. The number of benzene rings is 4. The third-order valence-electron chi connectivity index (χ3n) is 6.83. The Bertz CT molecular complexity index is 2050. The quantitative estimate of drug-likeness (QED) is 0.383. The van der Waals surface area contributed by atoms with Crippen LogP contribution in [0.25, 0.3) is 49.9 Å². The molecule has 2 aromatic heterocycles. The van der Waals surface area contributed by atoms with E-state index >= 15 is 0 Å². The van der Waals surface area contributed by atoms with Gasteiger partial charge in [-0.15, -0.1) is 0 Å². The van der Waals surface area contributed by atoms with Crippen LogP contribution in [0.5, 0.6) is 0 Å². The van der Waals surface area contributed by atoms with Crippen molar-refractivity contribution in [2.75, 3.05) is 7.05 Å². The highest BCUT2D eigenvalue weighted by molar-refractivity contribution is 7.89. The monoisotopic (exact) mass is 515 g/mol. The number of hydrogen-bond acceptors (Lipinski definition) is 4. The first-order chi connectivity index (χ1) is 17.7. The van der Waals surface area contributed by atoms with E-state index in [0.717, 1.165) is 5.52 Å². The van der Waals surface area contributed by atoms with Crippen LogP contribution in [0.15, 0.2) is 82.5 Å². The third-order valence-corrected chi connectivity index (χ3v) is 8.24. The molecule has 1 N–H and O–H groups in total. The molecule has 0 radical (unpaired) electrons. The minimum atomic E-state index is -3.72. The molecule has 0 spiro atoms. The molecule has 0 aliphatic carbocycles. The molecule has 10 heteroatoms. The summed E-state index contributed by atoms with van der Waals surface area (Å²) in [7, 11) is 1.05. The lowest BCUT2D eigenvalue weighted by Gasteiger charge is -2.13. The predicted octanol–water partition coefficient (Wildman–Crippen LogP) is 4.08. The topological polar surface area (TPSA) is 90.9 Å². The Balaban J connectivity index is 1.74. The van der Waals surface area contributed by atoms with Crippen molar-refractivity contribution < 1.29 is 12.8 Å². The van der Waals surface area contributed by atoms with Crippen molar-refractivity contribution in [3.8, 4) is 17.1 Å². The number of rotatable bonds is 4. The van der Waals surface area contributed by atoms with Crippen LogP contribution in [-0.4, -0.2) is 34.2 Å². The van der Waals surface area contributed by atoms with E-state index in [-0.39, 0.29) is 16.4 Å². The average molecular weight is 516 g/mol. The molecule has 6 aromatic rings. The third kappa shape index (κ3) is 3.40. The second-order valence-corrected chi connectivity index (χ2v) is 10.7. The number of sulfonamides is 1. The molecule has 0 aliphatic rings. The second kappa shape index (κ2) is 8.12. The second-order valence-electron chi connectivity index (χ2n) is 8.84. The molecule has 0 unspecified atom stereocenters. The fraction of sp³-hybridized carbons (Fsp3) is 0.111. The Morgan fingerprint density at radius 2 is 1.57 bits per heavy atom. The van der Waals surface area contributed by atoms with Gasteiger partial charge < -0.3 is 0 Å². The summed E-state index contributed by atoms with van der Waals surface area (Å²) in [6, 6.07) is 20.5. The maximum atomic E-state index is 14.7. The van der Waals surface area contributed by atoms with Gasteiger partial charge in [0.15, 0.2) is 0 Å². The Morgan fingerprint density at radius 3 is 2.35 bits per heavy atom. The number of nitrogens with one attached hydrogen (secondary N) is 1. The summed E-state index contributed by atoms with van der Waals surface area (Å²) >= 11 is 0. The fourth-order valence-corrected chi connectivity index (χ4v) is 5.63. The summed E-state index contributed by atoms with van der Waals surface area (Å²) in [5.74, 6) is 0.176. The van der Waals surface area contributed by atoms with Crippen molar-refractivity contribution in [3.63, 3.8) is 0 Å². The van der Waals surface area contributed by atoms with E-state index in [0.29, 0.717) is 44.4 Å². The van der Waals surface area contributed by atoms with Gasteiger partial charge in [-0.2, -0.15) is 0 Å². The lowest BCUT2D eigenvalue weighted by Crippen LogP contribution is -2.19. The highest BCUT2D eigenvalue weighted by atomic mass is 32.2. The first kappa shape index (κ1) is 23.1. The Kier molecular flexibility index (Phi) is 5.08. The molecule has 8 nitrogen and oxygen atoms in total. The van der Waals surface area contributed by atoms with Crippen molar-refractivity contribution in [1.82, 2.24) is 23.4 Å². The van der Waals surface area contributed by atoms with Gasteiger partial charge in [-0.25, -0.2) is 27.3 Å². The summed E-state index contributed by atoms with van der Waals surface area (Å²) in [6.07, 6.45) is 0. The van der Waals surface area contributed by atoms with Gasteiger partial charge in [-0.05, 0) is 54.9 Å². The van der Waals surface area contributed by atoms with Gasteiger partial charge in [-0.3, -0.25) is 13.7 Å². The Labute approximate surface area is 211 Å². The van der Waals surface area contributed by atoms with Gasteiger partial charge >= 0.3 is 5.69 Å². The summed E-state index contributed by atoms with van der Waals surface area (Å²) in [5, 5.41) is 1.13. The van der Waals surface area contributed by atoms with E-state index in [1.807, 2.05) is 34.9 Å². The van der Waals surface area contributed by atoms with Crippen molar-refractivity contribution in [3.05, 3.63) is 89.1 Å². The van der Waals surface area contributed by atoms with Crippen molar-refractivity contribution >= 4 is 42.9 Å². The lowest BCUT2D eigenvalue weighted by molar-refractivity contribution is 0.588. The minimum Gasteiger partial charge on any atom is -0.295 e. The number of imidazole rings is 2. The van der Waals surface area contributed by atoms with E-state index in [1.54, 1.807) is 53.6 Å². The molecule has 0 fully saturated rings. The summed E-state index contributed by atoms with van der Waals surface area (Å²) in [4.78, 5) is 17.5. The van der Waals surface area contributed by atoms with Crippen LogP contribution in [-0.2, 0) is 24.1 Å². The first-order valence-corrected chi connectivity index (χ1v) is 13.0. The van der Waals surface area contributed by atoms with Crippen molar-refractivity contribution in [2.24, 2.45) is 14.1 Å². The molecular weight excluding hydrogens is 493 g/mol. The molecule has 0 amide bonds. The molecule has 0 aliphatic heterocycles. The number of aromatic nitrogens is 4. The van der Waals surface area contributed by atoms with Gasteiger partial charge in [0.1, 0.15) is 11.6 Å². The number of fused-ring (bicyclic) bond motifs is 3. The number of hydrogen-bond donors (Lipinski definition) is 1. The van der Waals surface area contributed by atoms with E-state index in [4.69, 9.17) is 4.98 Å². The summed E-state index contributed by atoms with van der Waals surface area (Å²) < 4.78 is 47.2. The SMILES string of the molecule is CNS(=O)(=O)c1ccc2nc(-c3cccc4c(F)cccc34)n(-c3ccc4c(c3)n(C)c(=O)n4C)c2c1. The molecule has 0 bridgehead atoms. The van der Waals surface area contributed by atoms with Crippen LogP contribution in [0.1, 0.15) is 0 Å². The smallest absolute Gasteiger partial charge is 0.295 e. The molecule has 2 heterocycles. The molecule has 37 heavy (non-hydrogen) atoms. The molecule has 0 atom stereocenters. The fourth-order valence-electron chi connectivity index (χ4n) is 4.88. The zero-order chi connectivity index (χ0) is 26.1. The van der Waals surface area contributed by atoms with Gasteiger partial charge in [0.25, 0.3) is 0 Å². The zero-order valence-electron chi connectivity index (χ0n) is 20.2. The highest BCUT2D eigenvalue weighted by Gasteiger charge is 2.21. The van der Waals surface area contributed by atoms with Gasteiger partial charge in [0, 0.05) is 30.7 Å². The maximum absolute atomic E-state index is 14.7. The molecule has 4 aromatic carbocycles. The van der Waals surface area contributed by atoms with Crippen LogP contribution >= 0.6 is 0 Å². The summed E-state index contributed by atoms with van der Waals surface area (Å²) in [5.41, 5.74) is 3.80. The predicted molar refractivity (Wildman–Crippen MR) is 142 cm³/mol. The van der Waals surface area contributed by atoms with Crippen LogP contribution in [0.2, 0.25) is 0 Å². The Hall–Kier alpha value is -4.28. The number of aryl methyl sites for hydroxylation is 2. The normalized spacial score (nSPS) is 12.2. The highest BCUT2D eigenvalue weighted by Crippen LogP contribution is 2.35. The van der Waals surface area contributed by atoms with E-state index in [2.05, 4.69) is 4.72 Å². The van der Waals surface area contributed by atoms with Crippen LogP contribution < -0.4 is 10.4 Å². The number of halogens is 1. The molecule has 6 rings (SSSR count). The minimum absolute atomic E-state index is 0.0901. The van der Waals surface area contributed by atoms with Crippen LogP contribution in [0.3, 0.4) is 0 Å². The zero-order valence-corrected chi connectivity index (χ0v) is 21.0. The Morgan fingerprint density at radius 1 is 0.838 bits per heavy atom. The maximum Gasteiger partial charge on any atom is 0.328 e. The van der Waals surface area contributed by atoms with Gasteiger partial charge in [0.2, 0.25) is 10.0 Å². The van der Waals surface area contributed by atoms with Gasteiger partial charge in [0.05, 0.1) is 27.0 Å². The average Bonchev–Trinajstić information content (AvgIpc) is 3.39.